The summed E-state index contributed by atoms with van der Waals surface area (Å²) in [6, 6.07) is 3.35. The number of anilines is 1. The van der Waals surface area contributed by atoms with Crippen LogP contribution in [0.4, 0.5) is 5.13 Å². The molecule has 1 N–H and O–H groups in total. The summed E-state index contributed by atoms with van der Waals surface area (Å²) in [5.41, 5.74) is 0.970. The molecule has 1 aliphatic rings. The summed E-state index contributed by atoms with van der Waals surface area (Å²) in [5.74, 6) is 0.0756. The Hall–Kier alpha value is -1.29. The zero-order valence-electron chi connectivity index (χ0n) is 14.1. The average molecular weight is 400 g/mol. The van der Waals surface area contributed by atoms with Crippen molar-refractivity contribution in [3.8, 4) is 0 Å². The van der Waals surface area contributed by atoms with Crippen molar-refractivity contribution in [1.29, 1.82) is 0 Å². The molecule has 1 saturated heterocycles. The molecule has 2 aromatic rings. The van der Waals surface area contributed by atoms with Crippen LogP contribution in [0.2, 0.25) is 0 Å². The van der Waals surface area contributed by atoms with E-state index in [0.29, 0.717) is 41.2 Å². The Kier molecular flexibility index (Phi) is 5.57. The molecule has 9 heteroatoms. The summed E-state index contributed by atoms with van der Waals surface area (Å²) in [6.07, 6.45) is 1.05. The van der Waals surface area contributed by atoms with Crippen LogP contribution < -0.4 is 5.32 Å². The van der Waals surface area contributed by atoms with Crippen LogP contribution in [0, 0.1) is 5.92 Å². The highest BCUT2D eigenvalue weighted by Crippen LogP contribution is 2.28. The van der Waals surface area contributed by atoms with Crippen molar-refractivity contribution in [2.75, 3.05) is 18.4 Å². The van der Waals surface area contributed by atoms with Gasteiger partial charge in [0.15, 0.2) is 5.13 Å². The van der Waals surface area contributed by atoms with Crippen LogP contribution in [0.3, 0.4) is 0 Å². The Bertz CT molecular complexity index is 820. The van der Waals surface area contributed by atoms with Crippen LogP contribution in [-0.2, 0) is 14.8 Å². The fourth-order valence-electron chi connectivity index (χ4n) is 2.71. The van der Waals surface area contributed by atoms with Gasteiger partial charge in [-0.1, -0.05) is 19.9 Å². The van der Waals surface area contributed by atoms with E-state index in [2.05, 4.69) is 24.1 Å². The third-order valence-corrected chi connectivity index (χ3v) is 8.31. The highest BCUT2D eigenvalue weighted by molar-refractivity contribution is 7.91. The molecule has 0 bridgehead atoms. The topological polar surface area (TPSA) is 79.4 Å². The van der Waals surface area contributed by atoms with E-state index in [9.17, 15) is 13.2 Å². The van der Waals surface area contributed by atoms with Crippen molar-refractivity contribution in [1.82, 2.24) is 9.29 Å². The van der Waals surface area contributed by atoms with E-state index >= 15 is 0 Å². The molecule has 3 heterocycles. The minimum atomic E-state index is -3.42. The largest absolute Gasteiger partial charge is 0.302 e. The maximum atomic E-state index is 12.5. The Morgan fingerprint density at radius 3 is 2.60 bits per heavy atom. The van der Waals surface area contributed by atoms with E-state index in [0.717, 1.165) is 5.69 Å². The minimum absolute atomic E-state index is 0.0715. The standard InChI is InChI=1S/C16H21N3O3S3/c1-11(2)13-10-24-16(17-13)18-15(20)12-5-7-19(8-6-12)25(21,22)14-4-3-9-23-14/h3-4,9-12H,5-8H2,1-2H3,(H,17,18,20). The lowest BCUT2D eigenvalue weighted by atomic mass is 9.97. The van der Waals surface area contributed by atoms with Crippen LogP contribution in [-0.4, -0.2) is 36.7 Å². The van der Waals surface area contributed by atoms with Crippen LogP contribution in [0.1, 0.15) is 38.3 Å². The second kappa shape index (κ2) is 7.53. The second-order valence-electron chi connectivity index (χ2n) is 6.33. The van der Waals surface area contributed by atoms with Crippen LogP contribution in [0.25, 0.3) is 0 Å². The number of thiophene rings is 1. The SMILES string of the molecule is CC(C)c1csc(NC(=O)C2CCN(S(=O)(=O)c3cccs3)CC2)n1. The van der Waals surface area contributed by atoms with Gasteiger partial charge in [0.25, 0.3) is 10.0 Å². The molecule has 1 amide bonds. The molecule has 6 nitrogen and oxygen atoms in total. The molecule has 0 radical (unpaired) electrons. The average Bonchev–Trinajstić information content (AvgIpc) is 3.27. The normalized spacial score (nSPS) is 17.1. The lowest BCUT2D eigenvalue weighted by Gasteiger charge is -2.29. The van der Waals surface area contributed by atoms with E-state index in [1.54, 1.807) is 17.5 Å². The molecule has 1 fully saturated rings. The van der Waals surface area contributed by atoms with Gasteiger partial charge in [0, 0.05) is 24.4 Å². The van der Waals surface area contributed by atoms with Crippen molar-refractivity contribution in [3.05, 3.63) is 28.6 Å². The molecular formula is C16H21N3O3S3. The van der Waals surface area contributed by atoms with Crippen LogP contribution >= 0.6 is 22.7 Å². The first-order valence-electron chi connectivity index (χ1n) is 8.18. The van der Waals surface area contributed by atoms with E-state index in [4.69, 9.17) is 0 Å². The fourth-order valence-corrected chi connectivity index (χ4v) is 6.20. The highest BCUT2D eigenvalue weighted by Gasteiger charge is 2.32. The summed E-state index contributed by atoms with van der Waals surface area (Å²) in [7, 11) is -3.42. The molecule has 136 valence electrons. The molecule has 0 saturated carbocycles. The second-order valence-corrected chi connectivity index (χ2v) is 10.3. The first-order valence-corrected chi connectivity index (χ1v) is 11.4. The van der Waals surface area contributed by atoms with Gasteiger partial charge in [0.05, 0.1) is 5.69 Å². The van der Waals surface area contributed by atoms with Gasteiger partial charge in [-0.2, -0.15) is 4.31 Å². The number of sulfonamides is 1. The first kappa shape index (κ1) is 18.5. The predicted molar refractivity (Wildman–Crippen MR) is 101 cm³/mol. The molecule has 1 aliphatic heterocycles. The number of carbonyl (C=O) groups excluding carboxylic acids is 1. The molecule has 25 heavy (non-hydrogen) atoms. The van der Waals surface area contributed by atoms with E-state index in [1.807, 2.05) is 5.38 Å². The number of hydrogen-bond donors (Lipinski definition) is 1. The molecule has 3 rings (SSSR count). The number of nitrogens with zero attached hydrogens (tertiary/aromatic N) is 2. The van der Waals surface area contributed by atoms with Gasteiger partial charge >= 0.3 is 0 Å². The maximum Gasteiger partial charge on any atom is 0.252 e. The minimum Gasteiger partial charge on any atom is -0.302 e. The number of piperidine rings is 1. The first-order chi connectivity index (χ1) is 11.9. The van der Waals surface area contributed by atoms with Crippen molar-refractivity contribution in [2.24, 2.45) is 5.92 Å². The lowest BCUT2D eigenvalue weighted by Crippen LogP contribution is -2.41. The molecule has 0 spiro atoms. The van der Waals surface area contributed by atoms with Crippen LogP contribution in [0.5, 0.6) is 0 Å². The van der Waals surface area contributed by atoms with E-state index in [1.165, 1.54) is 27.0 Å². The number of thiazole rings is 1. The van der Waals surface area contributed by atoms with E-state index in [-0.39, 0.29) is 11.8 Å². The molecule has 0 unspecified atom stereocenters. The summed E-state index contributed by atoms with van der Waals surface area (Å²) in [6.45, 7) is 4.86. The smallest absolute Gasteiger partial charge is 0.252 e. The summed E-state index contributed by atoms with van der Waals surface area (Å²) in [4.78, 5) is 16.8. The number of aromatic nitrogens is 1. The Morgan fingerprint density at radius 1 is 1.32 bits per heavy atom. The van der Waals surface area contributed by atoms with Crippen molar-refractivity contribution in [3.63, 3.8) is 0 Å². The van der Waals surface area contributed by atoms with Gasteiger partial charge in [-0.3, -0.25) is 4.79 Å². The van der Waals surface area contributed by atoms with Gasteiger partial charge in [-0.05, 0) is 30.2 Å². The molecule has 0 aliphatic carbocycles. The Balaban J connectivity index is 1.57. The summed E-state index contributed by atoms with van der Waals surface area (Å²) >= 11 is 2.65. The van der Waals surface area contributed by atoms with Gasteiger partial charge < -0.3 is 5.32 Å². The monoisotopic (exact) mass is 399 g/mol. The highest BCUT2D eigenvalue weighted by atomic mass is 32.2. The Labute approximate surface area is 155 Å². The number of hydrogen-bond acceptors (Lipinski definition) is 6. The maximum absolute atomic E-state index is 12.5. The quantitative estimate of drug-likeness (QED) is 0.836. The number of carbonyl (C=O) groups is 1. The van der Waals surface area contributed by atoms with Crippen molar-refractivity contribution >= 4 is 43.7 Å². The fraction of sp³-hybridized carbons (Fsp3) is 0.500. The number of rotatable bonds is 5. The Morgan fingerprint density at radius 2 is 2.04 bits per heavy atom. The van der Waals surface area contributed by atoms with Crippen molar-refractivity contribution < 1.29 is 13.2 Å². The summed E-state index contributed by atoms with van der Waals surface area (Å²) in [5, 5.41) is 7.20. The summed E-state index contributed by atoms with van der Waals surface area (Å²) < 4.78 is 26.9. The molecule has 0 aromatic carbocycles. The van der Waals surface area contributed by atoms with Crippen LogP contribution in [0.15, 0.2) is 27.1 Å². The third-order valence-electron chi connectivity index (χ3n) is 4.26. The lowest BCUT2D eigenvalue weighted by molar-refractivity contribution is -0.120. The van der Waals surface area contributed by atoms with Gasteiger partial charge in [-0.15, -0.1) is 22.7 Å². The third kappa shape index (κ3) is 4.11. The number of nitrogens with one attached hydrogen (secondary N) is 1. The zero-order chi connectivity index (χ0) is 18.0. The molecule has 0 atom stereocenters. The molecular weight excluding hydrogens is 378 g/mol. The zero-order valence-corrected chi connectivity index (χ0v) is 16.6. The molecule has 2 aromatic heterocycles. The van der Waals surface area contributed by atoms with Gasteiger partial charge in [0.1, 0.15) is 4.21 Å². The number of amides is 1. The van der Waals surface area contributed by atoms with Gasteiger partial charge in [-0.25, -0.2) is 13.4 Å². The predicted octanol–water partition coefficient (Wildman–Crippen LogP) is 3.37. The van der Waals surface area contributed by atoms with Crippen molar-refractivity contribution in [2.45, 2.75) is 36.8 Å². The van der Waals surface area contributed by atoms with E-state index < -0.39 is 10.0 Å². The van der Waals surface area contributed by atoms with Gasteiger partial charge in [0.2, 0.25) is 5.91 Å².